The van der Waals surface area contributed by atoms with Crippen LogP contribution < -0.4 is 14.8 Å². The average molecular weight is 513 g/mol. The number of methoxy groups -OCH3 is 2. The van der Waals surface area contributed by atoms with Gasteiger partial charge in [-0.25, -0.2) is 9.37 Å². The zero-order chi connectivity index (χ0) is 26.0. The number of halogens is 1. The van der Waals surface area contributed by atoms with Crippen molar-refractivity contribution in [3.8, 4) is 11.5 Å². The molecule has 3 aromatic rings. The van der Waals surface area contributed by atoms with Crippen molar-refractivity contribution < 1.29 is 27.8 Å². The van der Waals surface area contributed by atoms with Crippen molar-refractivity contribution in [2.24, 2.45) is 0 Å². The van der Waals surface area contributed by atoms with E-state index in [-0.39, 0.29) is 24.0 Å². The minimum absolute atomic E-state index is 0.198. The maximum Gasteiger partial charge on any atom is 0.273 e. The van der Waals surface area contributed by atoms with Gasteiger partial charge in [-0.15, -0.1) is 0 Å². The fraction of sp³-hybridized carbons (Fsp3) is 0.407. The SMILES string of the molecule is COc1ccc(OC)c(CN(CCN2CCOCC2)Cc2nc(C(=O)NCc3ccc(F)cc3)co2)c1. The maximum absolute atomic E-state index is 13.1. The Morgan fingerprint density at radius 1 is 1.11 bits per heavy atom. The lowest BCUT2D eigenvalue weighted by Crippen LogP contribution is -2.41. The molecule has 0 spiro atoms. The molecule has 10 heteroatoms. The van der Waals surface area contributed by atoms with Gasteiger partial charge in [0.1, 0.15) is 23.6 Å². The van der Waals surface area contributed by atoms with E-state index in [0.717, 1.165) is 62.0 Å². The smallest absolute Gasteiger partial charge is 0.273 e. The first-order valence-electron chi connectivity index (χ1n) is 12.2. The van der Waals surface area contributed by atoms with Crippen molar-refractivity contribution in [2.75, 3.05) is 53.6 Å². The highest BCUT2D eigenvalue weighted by molar-refractivity contribution is 5.91. The minimum atomic E-state index is -0.353. The molecule has 1 fully saturated rings. The summed E-state index contributed by atoms with van der Waals surface area (Å²) in [6, 6.07) is 11.7. The molecule has 2 heterocycles. The van der Waals surface area contributed by atoms with Gasteiger partial charge in [0.15, 0.2) is 5.69 Å². The van der Waals surface area contributed by atoms with Crippen LogP contribution in [0.1, 0.15) is 27.5 Å². The van der Waals surface area contributed by atoms with E-state index >= 15 is 0 Å². The monoisotopic (exact) mass is 512 g/mol. The standard InChI is InChI=1S/C27H33FN4O5/c1-34-23-7-8-25(35-2)21(15-23)17-32(10-9-31-11-13-36-14-12-31)18-26-30-24(19-37-26)27(33)29-16-20-3-5-22(28)6-4-20/h3-8,15,19H,9-14,16-18H2,1-2H3,(H,29,33). The van der Waals surface area contributed by atoms with Gasteiger partial charge >= 0.3 is 0 Å². The Balaban J connectivity index is 1.42. The van der Waals surface area contributed by atoms with Crippen molar-refractivity contribution in [1.29, 1.82) is 0 Å². The summed E-state index contributed by atoms with van der Waals surface area (Å²) in [5.74, 6) is 1.29. The van der Waals surface area contributed by atoms with Crippen LogP contribution >= 0.6 is 0 Å². The zero-order valence-corrected chi connectivity index (χ0v) is 21.2. The van der Waals surface area contributed by atoms with Crippen molar-refractivity contribution in [2.45, 2.75) is 19.6 Å². The molecule has 1 saturated heterocycles. The molecule has 37 heavy (non-hydrogen) atoms. The second kappa shape index (κ2) is 13.2. The number of hydrogen-bond acceptors (Lipinski definition) is 8. The van der Waals surface area contributed by atoms with E-state index < -0.39 is 0 Å². The van der Waals surface area contributed by atoms with Gasteiger partial charge in [-0.3, -0.25) is 14.6 Å². The Bertz CT molecular complexity index is 1150. The lowest BCUT2D eigenvalue weighted by molar-refractivity contribution is 0.0320. The number of benzene rings is 2. The summed E-state index contributed by atoms with van der Waals surface area (Å²) in [6.07, 6.45) is 1.36. The molecule has 0 bridgehead atoms. The van der Waals surface area contributed by atoms with Crippen molar-refractivity contribution in [3.05, 3.63) is 77.3 Å². The quantitative estimate of drug-likeness (QED) is 0.396. The summed E-state index contributed by atoms with van der Waals surface area (Å²) >= 11 is 0. The van der Waals surface area contributed by atoms with Gasteiger partial charge in [-0.1, -0.05) is 12.1 Å². The molecule has 0 aliphatic carbocycles. The highest BCUT2D eigenvalue weighted by Gasteiger charge is 2.19. The van der Waals surface area contributed by atoms with E-state index in [0.29, 0.717) is 19.0 Å². The number of amides is 1. The number of ether oxygens (including phenoxy) is 3. The summed E-state index contributed by atoms with van der Waals surface area (Å²) in [6.45, 7) is 6.15. The summed E-state index contributed by atoms with van der Waals surface area (Å²) < 4.78 is 35.2. The summed E-state index contributed by atoms with van der Waals surface area (Å²) in [5, 5.41) is 2.79. The normalized spacial score (nSPS) is 14.1. The Kier molecular flexibility index (Phi) is 9.47. The Morgan fingerprint density at radius 3 is 2.62 bits per heavy atom. The van der Waals surface area contributed by atoms with Crippen molar-refractivity contribution >= 4 is 5.91 Å². The Morgan fingerprint density at radius 2 is 1.89 bits per heavy atom. The van der Waals surface area contributed by atoms with Crippen molar-refractivity contribution in [1.82, 2.24) is 20.1 Å². The van der Waals surface area contributed by atoms with Crippen molar-refractivity contribution in [3.63, 3.8) is 0 Å². The molecular weight excluding hydrogens is 479 g/mol. The largest absolute Gasteiger partial charge is 0.497 e. The average Bonchev–Trinajstić information content (AvgIpc) is 3.40. The highest BCUT2D eigenvalue weighted by atomic mass is 19.1. The molecule has 1 aromatic heterocycles. The summed E-state index contributed by atoms with van der Waals surface area (Å²) in [7, 11) is 3.28. The third-order valence-corrected chi connectivity index (χ3v) is 6.23. The van der Waals surface area contributed by atoms with Gasteiger partial charge < -0.3 is 23.9 Å². The van der Waals surface area contributed by atoms with E-state index in [1.165, 1.54) is 18.4 Å². The predicted molar refractivity (Wildman–Crippen MR) is 135 cm³/mol. The third kappa shape index (κ3) is 7.75. The maximum atomic E-state index is 13.1. The second-order valence-electron chi connectivity index (χ2n) is 8.78. The molecule has 2 aromatic carbocycles. The van der Waals surface area contributed by atoms with E-state index in [4.69, 9.17) is 18.6 Å². The van der Waals surface area contributed by atoms with E-state index in [9.17, 15) is 9.18 Å². The van der Waals surface area contributed by atoms with Crippen LogP contribution in [-0.2, 0) is 24.4 Å². The van der Waals surface area contributed by atoms with Gasteiger partial charge in [-0.05, 0) is 35.9 Å². The molecular formula is C27H33FN4O5. The van der Waals surface area contributed by atoms with Crippen LogP contribution in [0.4, 0.5) is 4.39 Å². The fourth-order valence-corrected chi connectivity index (χ4v) is 4.12. The number of carbonyl (C=O) groups is 1. The Labute approximate surface area is 216 Å². The third-order valence-electron chi connectivity index (χ3n) is 6.23. The molecule has 0 radical (unpaired) electrons. The fourth-order valence-electron chi connectivity index (χ4n) is 4.12. The molecule has 0 saturated carbocycles. The molecule has 0 atom stereocenters. The molecule has 1 N–H and O–H groups in total. The number of oxazole rings is 1. The number of rotatable bonds is 12. The molecule has 9 nitrogen and oxygen atoms in total. The highest BCUT2D eigenvalue weighted by Crippen LogP contribution is 2.26. The van der Waals surface area contributed by atoms with Crippen LogP contribution in [-0.4, -0.2) is 74.3 Å². The number of morpholine rings is 1. The molecule has 1 amide bonds. The second-order valence-corrected chi connectivity index (χ2v) is 8.78. The van der Waals surface area contributed by atoms with Crippen LogP contribution in [0.5, 0.6) is 11.5 Å². The molecule has 1 aliphatic rings. The number of nitrogens with zero attached hydrogens (tertiary/aromatic N) is 3. The summed E-state index contributed by atoms with van der Waals surface area (Å²) in [4.78, 5) is 21.6. The van der Waals surface area contributed by atoms with Gasteiger partial charge in [0.2, 0.25) is 5.89 Å². The van der Waals surface area contributed by atoms with Gasteiger partial charge in [-0.2, -0.15) is 0 Å². The van der Waals surface area contributed by atoms with Gasteiger partial charge in [0.25, 0.3) is 5.91 Å². The van der Waals surface area contributed by atoms with Gasteiger partial charge in [0.05, 0.1) is 34.0 Å². The van der Waals surface area contributed by atoms with Crippen LogP contribution in [0, 0.1) is 5.82 Å². The lowest BCUT2D eigenvalue weighted by Gasteiger charge is -2.30. The molecule has 0 unspecified atom stereocenters. The first-order valence-corrected chi connectivity index (χ1v) is 12.2. The van der Waals surface area contributed by atoms with E-state index in [1.807, 2.05) is 18.2 Å². The zero-order valence-electron chi connectivity index (χ0n) is 21.2. The van der Waals surface area contributed by atoms with Crippen LogP contribution in [0.15, 0.2) is 53.1 Å². The molecule has 1 aliphatic heterocycles. The number of carbonyl (C=O) groups excluding carboxylic acids is 1. The van der Waals surface area contributed by atoms with Crippen LogP contribution in [0.3, 0.4) is 0 Å². The topological polar surface area (TPSA) is 89.3 Å². The summed E-state index contributed by atoms with van der Waals surface area (Å²) in [5.41, 5.74) is 1.97. The van der Waals surface area contributed by atoms with E-state index in [1.54, 1.807) is 26.4 Å². The number of hydrogen-bond donors (Lipinski definition) is 1. The van der Waals surface area contributed by atoms with Crippen LogP contribution in [0.25, 0.3) is 0 Å². The predicted octanol–water partition coefficient (Wildman–Crippen LogP) is 3.10. The first kappa shape index (κ1) is 26.6. The number of aromatic nitrogens is 1. The first-order chi connectivity index (χ1) is 18.0. The molecule has 198 valence electrons. The van der Waals surface area contributed by atoms with E-state index in [2.05, 4.69) is 20.1 Å². The lowest BCUT2D eigenvalue weighted by atomic mass is 10.1. The minimum Gasteiger partial charge on any atom is -0.497 e. The number of nitrogens with one attached hydrogen (secondary N) is 1. The van der Waals surface area contributed by atoms with Crippen LogP contribution in [0.2, 0.25) is 0 Å². The molecule has 4 rings (SSSR count). The van der Waals surface area contributed by atoms with Gasteiger partial charge in [0, 0.05) is 44.8 Å². The Hall–Kier alpha value is -3.47.